The number of cyclic esters (lactones) is 1. The van der Waals surface area contributed by atoms with E-state index in [0.29, 0.717) is 6.54 Å². The highest BCUT2D eigenvalue weighted by atomic mass is 16.7. The van der Waals surface area contributed by atoms with Gasteiger partial charge < -0.3 is 19.2 Å². The van der Waals surface area contributed by atoms with Gasteiger partial charge in [0.1, 0.15) is 0 Å². The molecule has 6 nitrogen and oxygen atoms in total. The van der Waals surface area contributed by atoms with Crippen LogP contribution in [0.1, 0.15) is 40.9 Å². The lowest BCUT2D eigenvalue weighted by Gasteiger charge is -2.30. The third kappa shape index (κ3) is 3.13. The van der Waals surface area contributed by atoms with Gasteiger partial charge in [-0.05, 0) is 25.0 Å². The number of benzene rings is 1. The molecule has 0 atom stereocenters. The van der Waals surface area contributed by atoms with Crippen LogP contribution in [0.3, 0.4) is 0 Å². The summed E-state index contributed by atoms with van der Waals surface area (Å²) in [7, 11) is 0. The molecule has 0 radical (unpaired) electrons. The molecule has 1 aliphatic rings. The molecule has 0 spiro atoms. The summed E-state index contributed by atoms with van der Waals surface area (Å²) in [6.45, 7) is 7.73. The summed E-state index contributed by atoms with van der Waals surface area (Å²) >= 11 is 0. The lowest BCUT2D eigenvalue weighted by Crippen LogP contribution is -2.41. The van der Waals surface area contributed by atoms with Crippen molar-refractivity contribution in [3.8, 4) is 5.75 Å². The molecule has 1 N–H and O–H groups in total. The molecule has 0 unspecified atom stereocenters. The fourth-order valence-electron chi connectivity index (χ4n) is 2.56. The van der Waals surface area contributed by atoms with Gasteiger partial charge in [-0.15, -0.1) is 0 Å². The molecule has 3 rings (SSSR count). The van der Waals surface area contributed by atoms with Crippen LogP contribution >= 0.6 is 0 Å². The third-order valence-electron chi connectivity index (χ3n) is 3.77. The lowest BCUT2D eigenvalue weighted by molar-refractivity contribution is -0.128. The second kappa shape index (κ2) is 5.70. The van der Waals surface area contributed by atoms with Crippen LogP contribution in [0.15, 0.2) is 33.5 Å². The Morgan fingerprint density at radius 1 is 1.08 bits per heavy atom. The summed E-state index contributed by atoms with van der Waals surface area (Å²) in [5.74, 6) is -1.46. The van der Waals surface area contributed by atoms with Gasteiger partial charge in [-0.1, -0.05) is 23.8 Å². The van der Waals surface area contributed by atoms with E-state index in [1.165, 1.54) is 6.07 Å². The van der Waals surface area contributed by atoms with E-state index in [9.17, 15) is 9.59 Å². The van der Waals surface area contributed by atoms with Crippen molar-refractivity contribution in [3.05, 3.63) is 56.9 Å². The van der Waals surface area contributed by atoms with Gasteiger partial charge in [0.15, 0.2) is 11.3 Å². The normalized spacial score (nSPS) is 15.2. The van der Waals surface area contributed by atoms with E-state index in [4.69, 9.17) is 13.9 Å². The monoisotopic (exact) mass is 329 g/mol. The maximum absolute atomic E-state index is 12.1. The van der Waals surface area contributed by atoms with Gasteiger partial charge in [0, 0.05) is 26.5 Å². The first kappa shape index (κ1) is 16.1. The molecule has 1 aliphatic heterocycles. The highest BCUT2D eigenvalue weighted by molar-refractivity contribution is 5.93. The molecule has 126 valence electrons. The number of carbonyl (C=O) groups excluding carboxylic acids is 1. The Balaban J connectivity index is 1.88. The number of aryl methyl sites for hydroxylation is 2. The van der Waals surface area contributed by atoms with Gasteiger partial charge in [0.05, 0.1) is 0 Å². The number of carbonyl (C=O) groups is 1. The molecule has 1 aromatic heterocycles. The van der Waals surface area contributed by atoms with Crippen molar-refractivity contribution in [2.45, 2.75) is 40.0 Å². The van der Waals surface area contributed by atoms with Crippen LogP contribution in [0.25, 0.3) is 0 Å². The number of fused-ring (bicyclic) bond motifs is 1. The van der Waals surface area contributed by atoms with E-state index < -0.39 is 17.4 Å². The number of rotatable bonds is 3. The molecule has 0 saturated carbocycles. The molecule has 2 aromatic rings. The van der Waals surface area contributed by atoms with Gasteiger partial charge in [-0.3, -0.25) is 0 Å². The van der Waals surface area contributed by atoms with Gasteiger partial charge >= 0.3 is 11.6 Å². The summed E-state index contributed by atoms with van der Waals surface area (Å²) in [5, 5.41) is 3.06. The maximum Gasteiger partial charge on any atom is 0.356 e. The Kier molecular flexibility index (Phi) is 3.83. The molecule has 0 amide bonds. The van der Waals surface area contributed by atoms with Crippen LogP contribution in [0.4, 0.5) is 5.88 Å². The van der Waals surface area contributed by atoms with Gasteiger partial charge in [0.25, 0.3) is 0 Å². The number of nitrogens with one attached hydrogen (secondary N) is 1. The number of hydrogen-bond donors (Lipinski definition) is 1. The number of anilines is 1. The number of esters is 1. The average Bonchev–Trinajstić information content (AvgIpc) is 2.46. The van der Waals surface area contributed by atoms with Crippen LogP contribution < -0.4 is 15.7 Å². The number of hydrogen-bond acceptors (Lipinski definition) is 6. The zero-order chi connectivity index (χ0) is 17.5. The van der Waals surface area contributed by atoms with Crippen molar-refractivity contribution in [1.82, 2.24) is 0 Å². The molecule has 1 aromatic carbocycles. The minimum absolute atomic E-state index is 0.163. The fourth-order valence-corrected chi connectivity index (χ4v) is 2.56. The Labute approximate surface area is 139 Å². The molecule has 0 aliphatic carbocycles. The topological polar surface area (TPSA) is 77.8 Å². The van der Waals surface area contributed by atoms with Crippen molar-refractivity contribution in [1.29, 1.82) is 0 Å². The largest absolute Gasteiger partial charge is 0.451 e. The van der Waals surface area contributed by atoms with Gasteiger partial charge in [-0.25, -0.2) is 9.59 Å². The standard InChI is InChI=1S/C18H19NO5/c1-10-5-6-11(2)12(7-10)9-19-14-8-13-15(16(20)22-14)17(21)24-18(3,4)23-13/h5-8,19H,9H2,1-4H3. The van der Waals surface area contributed by atoms with Crippen LogP contribution in [0.2, 0.25) is 0 Å². The highest BCUT2D eigenvalue weighted by Gasteiger charge is 2.37. The van der Waals surface area contributed by atoms with E-state index in [0.717, 1.165) is 16.7 Å². The Morgan fingerprint density at radius 3 is 2.58 bits per heavy atom. The van der Waals surface area contributed by atoms with Gasteiger partial charge in [-0.2, -0.15) is 0 Å². The maximum atomic E-state index is 12.1. The van der Waals surface area contributed by atoms with Crippen molar-refractivity contribution in [3.63, 3.8) is 0 Å². The van der Waals surface area contributed by atoms with E-state index in [1.54, 1.807) is 13.8 Å². The van der Waals surface area contributed by atoms with Crippen molar-refractivity contribution in [2.24, 2.45) is 0 Å². The Bertz CT molecular complexity index is 866. The second-order valence-electron chi connectivity index (χ2n) is 6.31. The Morgan fingerprint density at radius 2 is 1.83 bits per heavy atom. The van der Waals surface area contributed by atoms with Crippen molar-refractivity contribution < 1.29 is 18.7 Å². The van der Waals surface area contributed by atoms with E-state index >= 15 is 0 Å². The molecule has 0 fully saturated rings. The minimum atomic E-state index is -1.12. The summed E-state index contributed by atoms with van der Waals surface area (Å²) in [6.07, 6.45) is 0. The molecule has 2 heterocycles. The van der Waals surface area contributed by atoms with Gasteiger partial charge in [0.2, 0.25) is 11.7 Å². The third-order valence-corrected chi connectivity index (χ3v) is 3.77. The lowest BCUT2D eigenvalue weighted by atomic mass is 10.1. The minimum Gasteiger partial charge on any atom is -0.451 e. The van der Waals surface area contributed by atoms with Crippen molar-refractivity contribution in [2.75, 3.05) is 5.32 Å². The molecular weight excluding hydrogens is 310 g/mol. The summed E-state index contributed by atoms with van der Waals surface area (Å²) in [6, 6.07) is 7.65. The SMILES string of the molecule is Cc1ccc(C)c(CNc2cc3c(c(=O)o2)C(=O)OC(C)(C)O3)c1. The molecule has 0 bridgehead atoms. The molecular formula is C18H19NO5. The fraction of sp³-hybridized carbons (Fsp3) is 0.333. The van der Waals surface area contributed by atoms with Crippen molar-refractivity contribution >= 4 is 11.9 Å². The van der Waals surface area contributed by atoms with Crippen LogP contribution in [0, 0.1) is 13.8 Å². The smallest absolute Gasteiger partial charge is 0.356 e. The summed E-state index contributed by atoms with van der Waals surface area (Å²) in [5.41, 5.74) is 2.38. The zero-order valence-corrected chi connectivity index (χ0v) is 14.1. The van der Waals surface area contributed by atoms with Crippen LogP contribution in [0.5, 0.6) is 5.75 Å². The predicted molar refractivity (Wildman–Crippen MR) is 88.3 cm³/mol. The highest BCUT2D eigenvalue weighted by Crippen LogP contribution is 2.31. The predicted octanol–water partition coefficient (Wildman–Crippen LogP) is 3.15. The first-order valence-electron chi connectivity index (χ1n) is 7.66. The number of ether oxygens (including phenoxy) is 2. The molecule has 6 heteroatoms. The van der Waals surface area contributed by atoms with E-state index in [-0.39, 0.29) is 17.2 Å². The Hall–Kier alpha value is -2.76. The van der Waals surface area contributed by atoms with E-state index in [2.05, 4.69) is 11.4 Å². The quantitative estimate of drug-likeness (QED) is 0.872. The van der Waals surface area contributed by atoms with Crippen LogP contribution in [-0.4, -0.2) is 11.8 Å². The van der Waals surface area contributed by atoms with Crippen LogP contribution in [-0.2, 0) is 11.3 Å². The molecule has 0 saturated heterocycles. The summed E-state index contributed by atoms with van der Waals surface area (Å²) in [4.78, 5) is 24.0. The first-order chi connectivity index (χ1) is 11.2. The second-order valence-corrected chi connectivity index (χ2v) is 6.31. The zero-order valence-electron chi connectivity index (χ0n) is 14.1. The summed E-state index contributed by atoms with van der Waals surface area (Å²) < 4.78 is 15.8. The molecule has 24 heavy (non-hydrogen) atoms. The van der Waals surface area contributed by atoms with E-state index in [1.807, 2.05) is 26.0 Å². The average molecular weight is 329 g/mol. The first-order valence-corrected chi connectivity index (χ1v) is 7.66.